The summed E-state index contributed by atoms with van der Waals surface area (Å²) in [7, 11) is 0. The second-order valence-electron chi connectivity index (χ2n) is 2.98. The van der Waals surface area contributed by atoms with Crippen LogP contribution in [0.25, 0.3) is 0 Å². The van der Waals surface area contributed by atoms with Crippen molar-refractivity contribution in [3.63, 3.8) is 0 Å². The molecule has 1 aromatic carbocycles. The van der Waals surface area contributed by atoms with Gasteiger partial charge in [0.05, 0.1) is 12.5 Å². The number of rotatable bonds is 3. The van der Waals surface area contributed by atoms with Gasteiger partial charge in [0.15, 0.2) is 5.17 Å². The van der Waals surface area contributed by atoms with Gasteiger partial charge in [0.2, 0.25) is 5.91 Å². The van der Waals surface area contributed by atoms with Crippen molar-refractivity contribution in [3.8, 4) is 0 Å². The number of amides is 1. The molecule has 0 aliphatic rings. The van der Waals surface area contributed by atoms with E-state index in [1.807, 2.05) is 6.07 Å². The van der Waals surface area contributed by atoms with Crippen LogP contribution in [-0.4, -0.2) is 22.8 Å². The minimum atomic E-state index is -0.654. The Morgan fingerprint density at radius 1 is 1.47 bits per heavy atom. The minimum Gasteiger partial charge on any atom is -0.395 e. The first-order valence-electron chi connectivity index (χ1n) is 4.39. The summed E-state index contributed by atoms with van der Waals surface area (Å²) < 4.78 is 0. The van der Waals surface area contributed by atoms with Crippen LogP contribution < -0.4 is 5.32 Å². The van der Waals surface area contributed by atoms with Gasteiger partial charge in [0.1, 0.15) is 0 Å². The molecule has 1 rings (SSSR count). The third kappa shape index (κ3) is 3.38. The van der Waals surface area contributed by atoms with Crippen LogP contribution in [0.5, 0.6) is 0 Å². The number of hydrogen-bond donors (Lipinski definition) is 4. The SMILES string of the molecule is N=C(S)NC(=O)C(CO)c1ccccc1. The lowest BCUT2D eigenvalue weighted by molar-refractivity contribution is -0.121. The summed E-state index contributed by atoms with van der Waals surface area (Å²) in [6, 6.07) is 8.91. The molecule has 0 spiro atoms. The summed E-state index contributed by atoms with van der Waals surface area (Å²) in [5, 5.41) is 18.1. The Morgan fingerprint density at radius 3 is 2.53 bits per heavy atom. The number of amidine groups is 1. The van der Waals surface area contributed by atoms with Crippen molar-refractivity contribution in [2.75, 3.05) is 6.61 Å². The smallest absolute Gasteiger partial charge is 0.235 e. The number of carbonyl (C=O) groups is 1. The van der Waals surface area contributed by atoms with Gasteiger partial charge in [-0.15, -0.1) is 12.6 Å². The predicted molar refractivity (Wildman–Crippen MR) is 61.1 cm³/mol. The molecule has 0 aliphatic heterocycles. The van der Waals surface area contributed by atoms with Crippen LogP contribution in [0.15, 0.2) is 30.3 Å². The van der Waals surface area contributed by atoms with Gasteiger partial charge in [0, 0.05) is 0 Å². The number of carbonyl (C=O) groups excluding carboxylic acids is 1. The van der Waals surface area contributed by atoms with Crippen LogP contribution in [0.4, 0.5) is 0 Å². The van der Waals surface area contributed by atoms with E-state index in [0.29, 0.717) is 5.56 Å². The summed E-state index contributed by atoms with van der Waals surface area (Å²) in [6.45, 7) is -0.295. The van der Waals surface area contributed by atoms with Gasteiger partial charge in [-0.2, -0.15) is 0 Å². The lowest BCUT2D eigenvalue weighted by Crippen LogP contribution is -2.33. The number of aliphatic hydroxyl groups excluding tert-OH is 1. The second-order valence-corrected chi connectivity index (χ2v) is 3.43. The first-order chi connectivity index (χ1) is 7.15. The average molecular weight is 224 g/mol. The Bertz CT molecular complexity index is 354. The molecule has 1 atom stereocenters. The number of nitrogens with one attached hydrogen (secondary N) is 2. The Balaban J connectivity index is 2.80. The molecular formula is C10H12N2O2S. The van der Waals surface area contributed by atoms with Gasteiger partial charge in [-0.1, -0.05) is 30.3 Å². The molecule has 3 N–H and O–H groups in total. The van der Waals surface area contributed by atoms with Gasteiger partial charge in [-0.3, -0.25) is 10.2 Å². The van der Waals surface area contributed by atoms with Crippen molar-refractivity contribution in [1.82, 2.24) is 5.32 Å². The fraction of sp³-hybridized carbons (Fsp3) is 0.200. The van der Waals surface area contributed by atoms with Crippen LogP contribution in [0.2, 0.25) is 0 Å². The largest absolute Gasteiger partial charge is 0.395 e. The molecule has 80 valence electrons. The molecule has 0 fully saturated rings. The third-order valence-corrected chi connectivity index (χ3v) is 2.05. The highest BCUT2D eigenvalue weighted by Gasteiger charge is 2.19. The zero-order chi connectivity index (χ0) is 11.3. The molecule has 0 saturated carbocycles. The molecule has 0 aliphatic carbocycles. The van der Waals surface area contributed by atoms with Crippen molar-refractivity contribution < 1.29 is 9.90 Å². The van der Waals surface area contributed by atoms with Crippen molar-refractivity contribution in [2.24, 2.45) is 0 Å². The number of benzene rings is 1. The highest BCUT2D eigenvalue weighted by Crippen LogP contribution is 2.14. The summed E-state index contributed by atoms with van der Waals surface area (Å²) in [5.41, 5.74) is 0.715. The van der Waals surface area contributed by atoms with E-state index < -0.39 is 11.8 Å². The van der Waals surface area contributed by atoms with E-state index in [9.17, 15) is 4.79 Å². The van der Waals surface area contributed by atoms with E-state index in [1.54, 1.807) is 24.3 Å². The van der Waals surface area contributed by atoms with E-state index in [2.05, 4.69) is 17.9 Å². The maximum absolute atomic E-state index is 11.5. The van der Waals surface area contributed by atoms with E-state index in [4.69, 9.17) is 10.5 Å². The van der Waals surface area contributed by atoms with E-state index >= 15 is 0 Å². The Kier molecular flexibility index (Phi) is 4.33. The fourth-order valence-electron chi connectivity index (χ4n) is 1.23. The Hall–Kier alpha value is -1.33. The average Bonchev–Trinajstić information content (AvgIpc) is 2.19. The number of thiol groups is 1. The van der Waals surface area contributed by atoms with Gasteiger partial charge in [0.25, 0.3) is 0 Å². The molecule has 1 unspecified atom stereocenters. The van der Waals surface area contributed by atoms with Crippen LogP contribution in [0.3, 0.4) is 0 Å². The van der Waals surface area contributed by atoms with Crippen LogP contribution in [0, 0.1) is 5.41 Å². The van der Waals surface area contributed by atoms with E-state index in [1.165, 1.54) is 0 Å². The molecule has 1 aromatic rings. The van der Waals surface area contributed by atoms with Crippen LogP contribution >= 0.6 is 12.6 Å². The highest BCUT2D eigenvalue weighted by molar-refractivity contribution is 7.96. The normalized spacial score (nSPS) is 11.9. The minimum absolute atomic E-state index is 0.227. The number of aliphatic hydroxyl groups is 1. The van der Waals surface area contributed by atoms with Crippen molar-refractivity contribution in [1.29, 1.82) is 5.41 Å². The monoisotopic (exact) mass is 224 g/mol. The first-order valence-corrected chi connectivity index (χ1v) is 4.84. The topological polar surface area (TPSA) is 73.2 Å². The van der Waals surface area contributed by atoms with Crippen LogP contribution in [-0.2, 0) is 4.79 Å². The van der Waals surface area contributed by atoms with Gasteiger partial charge < -0.3 is 10.4 Å². The lowest BCUT2D eigenvalue weighted by Gasteiger charge is -2.13. The van der Waals surface area contributed by atoms with Gasteiger partial charge >= 0.3 is 0 Å². The van der Waals surface area contributed by atoms with Crippen molar-refractivity contribution in [2.45, 2.75) is 5.92 Å². The predicted octanol–water partition coefficient (Wildman–Crippen LogP) is 0.743. The first kappa shape index (κ1) is 11.7. The zero-order valence-electron chi connectivity index (χ0n) is 7.97. The van der Waals surface area contributed by atoms with Gasteiger partial charge in [-0.05, 0) is 5.56 Å². The summed E-state index contributed by atoms with van der Waals surface area (Å²) >= 11 is 3.65. The zero-order valence-corrected chi connectivity index (χ0v) is 8.87. The third-order valence-electron chi connectivity index (χ3n) is 1.94. The Labute approximate surface area is 93.2 Å². The molecule has 4 nitrogen and oxygen atoms in total. The maximum Gasteiger partial charge on any atom is 0.235 e. The van der Waals surface area contributed by atoms with Crippen LogP contribution in [0.1, 0.15) is 11.5 Å². The molecule has 15 heavy (non-hydrogen) atoms. The van der Waals surface area contributed by atoms with E-state index in [-0.39, 0.29) is 11.8 Å². The summed E-state index contributed by atoms with van der Waals surface area (Å²) in [5.74, 6) is -1.08. The molecule has 5 heteroatoms. The molecular weight excluding hydrogens is 212 g/mol. The van der Waals surface area contributed by atoms with Crippen molar-refractivity contribution in [3.05, 3.63) is 35.9 Å². The fourth-order valence-corrected chi connectivity index (χ4v) is 1.34. The Morgan fingerprint density at radius 2 is 2.07 bits per heavy atom. The molecule has 0 aromatic heterocycles. The highest BCUT2D eigenvalue weighted by atomic mass is 32.1. The van der Waals surface area contributed by atoms with Crippen molar-refractivity contribution >= 4 is 23.7 Å². The quantitative estimate of drug-likeness (QED) is 0.347. The maximum atomic E-state index is 11.5. The lowest BCUT2D eigenvalue weighted by atomic mass is 9.99. The molecule has 0 heterocycles. The summed E-state index contributed by atoms with van der Waals surface area (Å²) in [4.78, 5) is 11.5. The second kappa shape index (κ2) is 5.53. The molecule has 0 bridgehead atoms. The molecule has 0 saturated heterocycles. The molecule has 1 amide bonds. The van der Waals surface area contributed by atoms with E-state index in [0.717, 1.165) is 0 Å². The summed E-state index contributed by atoms with van der Waals surface area (Å²) in [6.07, 6.45) is 0. The number of hydrogen-bond acceptors (Lipinski definition) is 3. The standard InChI is InChI=1S/C10H12N2O2S/c11-10(15)12-9(14)8(6-13)7-4-2-1-3-5-7/h1-5,8,13H,6H2,(H3,11,12,14,15). The molecule has 0 radical (unpaired) electrons. The van der Waals surface area contributed by atoms with Gasteiger partial charge in [-0.25, -0.2) is 0 Å².